The van der Waals surface area contributed by atoms with E-state index >= 15 is 0 Å². The second kappa shape index (κ2) is 6.46. The quantitative estimate of drug-likeness (QED) is 0.788. The van der Waals surface area contributed by atoms with Gasteiger partial charge in [0.25, 0.3) is 0 Å². The van der Waals surface area contributed by atoms with Crippen molar-refractivity contribution in [3.63, 3.8) is 0 Å². The molecule has 1 aromatic carbocycles. The molecule has 0 saturated heterocycles. The first-order valence-electron chi connectivity index (χ1n) is 7.60. The van der Waals surface area contributed by atoms with Crippen molar-refractivity contribution in [1.82, 2.24) is 4.23 Å². The highest BCUT2D eigenvalue weighted by Gasteiger charge is 2.34. The van der Waals surface area contributed by atoms with Crippen LogP contribution in [-0.4, -0.2) is 31.8 Å². The van der Waals surface area contributed by atoms with Crippen LogP contribution in [0.2, 0.25) is 39.3 Å². The van der Waals surface area contributed by atoms with E-state index in [2.05, 4.69) is 49.6 Å². The van der Waals surface area contributed by atoms with Crippen molar-refractivity contribution in [2.24, 2.45) is 0 Å². The molecule has 0 radical (unpaired) electrons. The van der Waals surface area contributed by atoms with E-state index in [-0.39, 0.29) is 0 Å². The summed E-state index contributed by atoms with van der Waals surface area (Å²) in [4.78, 5) is 11.4. The summed E-state index contributed by atoms with van der Waals surface area (Å²) in [7, 11) is -2.87. The molecule has 1 aromatic rings. The van der Waals surface area contributed by atoms with Gasteiger partial charge in [-0.2, -0.15) is 0 Å². The molecule has 3 nitrogen and oxygen atoms in total. The Balaban J connectivity index is 3.28. The summed E-state index contributed by atoms with van der Waals surface area (Å²) in [6.45, 7) is 17.2. The normalized spacial score (nSPS) is 12.8. The largest absolute Gasteiger partial charge is 0.478 e. The Morgan fingerprint density at radius 3 is 2.00 bits per heavy atom. The minimum absolute atomic E-state index is 0.459. The lowest BCUT2D eigenvalue weighted by Crippen LogP contribution is -2.58. The molecule has 0 aromatic heterocycles. The molecule has 0 spiro atoms. The molecule has 0 heterocycles. The molecule has 0 aliphatic heterocycles. The molecule has 0 unspecified atom stereocenters. The van der Waals surface area contributed by atoms with E-state index in [0.717, 1.165) is 18.5 Å². The van der Waals surface area contributed by atoms with E-state index < -0.39 is 22.4 Å². The standard InChI is InChI=1S/C16H29NO2Si2/c1-8-14-13(10-9-11-15(14)16(18)19)12-17(20(2,3)4)21(5,6)7/h9-11H,8,12H2,1-7H3,(H,18,19). The van der Waals surface area contributed by atoms with Gasteiger partial charge in [-0.1, -0.05) is 58.3 Å². The van der Waals surface area contributed by atoms with Gasteiger partial charge in [-0.05, 0) is 23.6 Å². The zero-order valence-electron chi connectivity index (χ0n) is 14.4. The molecule has 0 atom stereocenters. The molecule has 0 fully saturated rings. The van der Waals surface area contributed by atoms with Gasteiger partial charge in [-0.25, -0.2) is 4.79 Å². The maximum absolute atomic E-state index is 11.4. The van der Waals surface area contributed by atoms with Gasteiger partial charge < -0.3 is 9.34 Å². The zero-order chi connectivity index (χ0) is 16.4. The van der Waals surface area contributed by atoms with Gasteiger partial charge in [-0.3, -0.25) is 0 Å². The maximum atomic E-state index is 11.4. The summed E-state index contributed by atoms with van der Waals surface area (Å²) >= 11 is 0. The fourth-order valence-electron chi connectivity index (χ4n) is 3.05. The van der Waals surface area contributed by atoms with Crippen molar-refractivity contribution in [2.75, 3.05) is 0 Å². The van der Waals surface area contributed by atoms with Crippen molar-refractivity contribution in [3.8, 4) is 0 Å². The van der Waals surface area contributed by atoms with Crippen molar-refractivity contribution >= 4 is 22.4 Å². The summed E-state index contributed by atoms with van der Waals surface area (Å²) in [5, 5.41) is 9.38. The highest BCUT2D eigenvalue weighted by molar-refractivity contribution is 6.89. The third kappa shape index (κ3) is 4.53. The highest BCUT2D eigenvalue weighted by atomic mass is 28.4. The van der Waals surface area contributed by atoms with Crippen LogP contribution in [0.15, 0.2) is 18.2 Å². The van der Waals surface area contributed by atoms with Crippen molar-refractivity contribution in [2.45, 2.75) is 59.2 Å². The fourth-order valence-corrected chi connectivity index (χ4v) is 12.4. The van der Waals surface area contributed by atoms with Crippen molar-refractivity contribution in [3.05, 3.63) is 34.9 Å². The molecular formula is C16H29NO2Si2. The van der Waals surface area contributed by atoms with Crippen LogP contribution in [0.4, 0.5) is 0 Å². The van der Waals surface area contributed by atoms with Gasteiger partial charge in [0.05, 0.1) is 5.56 Å². The molecule has 0 amide bonds. The fraction of sp³-hybridized carbons (Fsp3) is 0.562. The van der Waals surface area contributed by atoms with Gasteiger partial charge in [0, 0.05) is 6.54 Å². The van der Waals surface area contributed by atoms with Crippen LogP contribution in [0.25, 0.3) is 0 Å². The van der Waals surface area contributed by atoms with Gasteiger partial charge in [0.1, 0.15) is 16.5 Å². The van der Waals surface area contributed by atoms with Gasteiger partial charge in [0.15, 0.2) is 0 Å². The molecule has 0 saturated carbocycles. The maximum Gasteiger partial charge on any atom is 0.335 e. The lowest BCUT2D eigenvalue weighted by molar-refractivity contribution is 0.0695. The molecule has 0 aliphatic rings. The first-order chi connectivity index (χ1) is 9.48. The number of carboxylic acids is 1. The van der Waals surface area contributed by atoms with Crippen LogP contribution >= 0.6 is 0 Å². The first kappa shape index (κ1) is 18.1. The Labute approximate surface area is 131 Å². The van der Waals surface area contributed by atoms with E-state index in [4.69, 9.17) is 0 Å². The van der Waals surface area contributed by atoms with Crippen LogP contribution in [-0.2, 0) is 13.0 Å². The minimum Gasteiger partial charge on any atom is -0.478 e. The first-order valence-corrected chi connectivity index (χ1v) is 14.5. The number of hydrogen-bond donors (Lipinski definition) is 1. The Hall–Kier alpha value is -0.916. The third-order valence-electron chi connectivity index (χ3n) is 3.80. The lowest BCUT2D eigenvalue weighted by Gasteiger charge is -2.44. The van der Waals surface area contributed by atoms with Crippen molar-refractivity contribution < 1.29 is 9.90 Å². The second-order valence-corrected chi connectivity index (χ2v) is 17.7. The van der Waals surface area contributed by atoms with E-state index in [1.54, 1.807) is 6.07 Å². The molecular weight excluding hydrogens is 294 g/mol. The molecule has 0 aliphatic carbocycles. The molecule has 118 valence electrons. The van der Waals surface area contributed by atoms with E-state index in [1.807, 2.05) is 13.0 Å². The van der Waals surface area contributed by atoms with Crippen LogP contribution < -0.4 is 0 Å². The van der Waals surface area contributed by atoms with Gasteiger partial charge in [0.2, 0.25) is 0 Å². The average molecular weight is 324 g/mol. The molecule has 1 N–H and O–H groups in total. The number of nitrogens with zero attached hydrogens (tertiary/aromatic N) is 1. The van der Waals surface area contributed by atoms with Crippen LogP contribution in [0.5, 0.6) is 0 Å². The molecule has 21 heavy (non-hydrogen) atoms. The number of carboxylic acid groups (broad SMARTS) is 1. The highest BCUT2D eigenvalue weighted by Crippen LogP contribution is 2.25. The van der Waals surface area contributed by atoms with E-state index in [1.165, 1.54) is 5.56 Å². The Morgan fingerprint density at radius 1 is 1.10 bits per heavy atom. The number of aromatic carboxylic acids is 1. The predicted molar refractivity (Wildman–Crippen MR) is 95.0 cm³/mol. The smallest absolute Gasteiger partial charge is 0.335 e. The summed E-state index contributed by atoms with van der Waals surface area (Å²) in [6, 6.07) is 5.70. The lowest BCUT2D eigenvalue weighted by atomic mass is 9.99. The van der Waals surface area contributed by atoms with E-state index in [0.29, 0.717) is 5.56 Å². The topological polar surface area (TPSA) is 40.5 Å². The Bertz CT molecular complexity index is 502. The summed E-state index contributed by atoms with van der Waals surface area (Å²) in [5.41, 5.74) is 2.63. The number of rotatable bonds is 6. The summed E-state index contributed by atoms with van der Waals surface area (Å²) < 4.78 is 2.69. The number of carbonyl (C=O) groups is 1. The van der Waals surface area contributed by atoms with Gasteiger partial charge >= 0.3 is 5.97 Å². The van der Waals surface area contributed by atoms with Crippen LogP contribution in [0.1, 0.15) is 28.4 Å². The molecule has 1 rings (SSSR count). The Kier molecular flexibility index (Phi) is 5.58. The monoisotopic (exact) mass is 323 g/mol. The average Bonchev–Trinajstić information content (AvgIpc) is 2.32. The molecule has 0 bridgehead atoms. The van der Waals surface area contributed by atoms with Gasteiger partial charge in [-0.15, -0.1) is 0 Å². The van der Waals surface area contributed by atoms with Crippen LogP contribution in [0, 0.1) is 0 Å². The SMILES string of the molecule is CCc1c(CN([Si](C)(C)C)[Si](C)(C)C)cccc1C(=O)O. The Morgan fingerprint density at radius 2 is 1.62 bits per heavy atom. The van der Waals surface area contributed by atoms with E-state index in [9.17, 15) is 9.90 Å². The zero-order valence-corrected chi connectivity index (χ0v) is 16.4. The predicted octanol–water partition coefficient (Wildman–Crippen LogP) is 4.42. The number of benzene rings is 1. The summed E-state index contributed by atoms with van der Waals surface area (Å²) in [6.07, 6.45) is 0.767. The second-order valence-electron chi connectivity index (χ2n) is 7.53. The third-order valence-corrected chi connectivity index (χ3v) is 11.4. The number of hydrogen-bond acceptors (Lipinski definition) is 2. The minimum atomic E-state index is -1.44. The van der Waals surface area contributed by atoms with Crippen molar-refractivity contribution in [1.29, 1.82) is 0 Å². The molecule has 5 heteroatoms. The summed E-state index contributed by atoms with van der Waals surface area (Å²) in [5.74, 6) is -0.818. The van der Waals surface area contributed by atoms with Crippen LogP contribution in [0.3, 0.4) is 0 Å².